The van der Waals surface area contributed by atoms with Crippen molar-refractivity contribution in [3.8, 4) is 0 Å². The third-order valence-corrected chi connectivity index (χ3v) is 6.29. The van der Waals surface area contributed by atoms with Gasteiger partial charge in [0.05, 0.1) is 6.61 Å². The van der Waals surface area contributed by atoms with Gasteiger partial charge in [-0.1, -0.05) is 18.2 Å². The molecular formula is C20H25F3N2O3. The van der Waals surface area contributed by atoms with Gasteiger partial charge in [-0.05, 0) is 30.4 Å². The maximum atomic E-state index is 12.8. The molecule has 1 aromatic carbocycles. The van der Waals surface area contributed by atoms with E-state index in [0.717, 1.165) is 38.2 Å². The summed E-state index contributed by atoms with van der Waals surface area (Å²) in [4.78, 5) is 15.9. The van der Waals surface area contributed by atoms with Gasteiger partial charge in [-0.2, -0.15) is 13.2 Å². The summed E-state index contributed by atoms with van der Waals surface area (Å²) in [5.74, 6) is -0.437. The van der Waals surface area contributed by atoms with Crippen LogP contribution >= 0.6 is 0 Å². The molecule has 0 unspecified atom stereocenters. The molecule has 1 amide bonds. The van der Waals surface area contributed by atoms with Crippen molar-refractivity contribution in [1.82, 2.24) is 4.90 Å². The maximum absolute atomic E-state index is 12.8. The SMILES string of the molecule is O=C(CC(F)(F)F)N1C[C@@H]2[C@@H](c3ccccc31)[C@@H](CO)N2CC1CCOCC1. The predicted molar refractivity (Wildman–Crippen MR) is 97.1 cm³/mol. The van der Waals surface area contributed by atoms with Crippen molar-refractivity contribution in [2.75, 3.05) is 37.8 Å². The lowest BCUT2D eigenvalue weighted by atomic mass is 9.71. The number of aliphatic hydroxyl groups excluding tert-OH is 1. The summed E-state index contributed by atoms with van der Waals surface area (Å²) in [6.07, 6.45) is -4.10. The number of carbonyl (C=O) groups excluding carboxylic acids is 1. The summed E-state index contributed by atoms with van der Waals surface area (Å²) in [5, 5.41) is 9.98. The van der Waals surface area contributed by atoms with Crippen molar-refractivity contribution in [1.29, 1.82) is 0 Å². The number of halogens is 3. The number of amides is 1. The Balaban J connectivity index is 1.58. The first-order chi connectivity index (χ1) is 13.4. The zero-order valence-corrected chi connectivity index (χ0v) is 15.6. The lowest BCUT2D eigenvalue weighted by Gasteiger charge is -2.60. The fourth-order valence-corrected chi connectivity index (χ4v) is 4.97. The Hall–Kier alpha value is -1.64. The molecule has 1 N–H and O–H groups in total. The van der Waals surface area contributed by atoms with Crippen LogP contribution in [0.4, 0.5) is 18.9 Å². The Morgan fingerprint density at radius 1 is 1.21 bits per heavy atom. The van der Waals surface area contributed by atoms with Gasteiger partial charge < -0.3 is 14.7 Å². The smallest absolute Gasteiger partial charge is 0.395 e. The molecule has 8 heteroatoms. The number of fused-ring (bicyclic) bond motifs is 3. The molecule has 0 saturated carbocycles. The number of alkyl halides is 3. The van der Waals surface area contributed by atoms with Crippen LogP contribution in [0.25, 0.3) is 0 Å². The largest absolute Gasteiger partial charge is 0.397 e. The number of likely N-dealkylation sites (tertiary alicyclic amines) is 1. The number of hydrogen-bond donors (Lipinski definition) is 1. The molecule has 5 nitrogen and oxygen atoms in total. The summed E-state index contributed by atoms with van der Waals surface area (Å²) >= 11 is 0. The van der Waals surface area contributed by atoms with E-state index in [9.17, 15) is 23.1 Å². The Morgan fingerprint density at radius 2 is 1.93 bits per heavy atom. The van der Waals surface area contributed by atoms with Gasteiger partial charge in [0.15, 0.2) is 0 Å². The highest BCUT2D eigenvalue weighted by atomic mass is 19.4. The van der Waals surface area contributed by atoms with E-state index in [2.05, 4.69) is 4.90 Å². The number of rotatable bonds is 4. The number of carbonyl (C=O) groups is 1. The normalized spacial score (nSPS) is 28.4. The fraction of sp³-hybridized carbons (Fsp3) is 0.650. The van der Waals surface area contributed by atoms with Crippen LogP contribution in [0.5, 0.6) is 0 Å². The van der Waals surface area contributed by atoms with Crippen LogP contribution in [0, 0.1) is 5.92 Å². The second-order valence-corrected chi connectivity index (χ2v) is 7.95. The van der Waals surface area contributed by atoms with Crippen LogP contribution in [0.15, 0.2) is 24.3 Å². The summed E-state index contributed by atoms with van der Waals surface area (Å²) in [7, 11) is 0. The molecule has 2 saturated heterocycles. The molecule has 3 atom stereocenters. The summed E-state index contributed by atoms with van der Waals surface area (Å²) < 4.78 is 43.9. The predicted octanol–water partition coefficient (Wildman–Crippen LogP) is 2.54. The van der Waals surface area contributed by atoms with E-state index >= 15 is 0 Å². The Morgan fingerprint density at radius 3 is 2.61 bits per heavy atom. The van der Waals surface area contributed by atoms with Crippen LogP contribution in [0.2, 0.25) is 0 Å². The van der Waals surface area contributed by atoms with Crippen LogP contribution in [0.1, 0.15) is 30.7 Å². The van der Waals surface area contributed by atoms with Gasteiger partial charge in [0.1, 0.15) is 6.42 Å². The summed E-state index contributed by atoms with van der Waals surface area (Å²) in [5.41, 5.74) is 1.40. The molecule has 3 aliphatic heterocycles. The van der Waals surface area contributed by atoms with Crippen molar-refractivity contribution in [3.63, 3.8) is 0 Å². The molecule has 2 fully saturated rings. The number of nitrogens with zero attached hydrogens (tertiary/aromatic N) is 2. The Labute approximate surface area is 162 Å². The molecule has 0 radical (unpaired) electrons. The van der Waals surface area contributed by atoms with E-state index in [1.165, 1.54) is 4.90 Å². The highest BCUT2D eigenvalue weighted by Gasteiger charge is 2.53. The maximum Gasteiger partial charge on any atom is 0.397 e. The van der Waals surface area contributed by atoms with Crippen LogP contribution in [-0.4, -0.2) is 67.1 Å². The molecule has 1 aromatic rings. The zero-order chi connectivity index (χ0) is 19.9. The van der Waals surface area contributed by atoms with Crippen molar-refractivity contribution >= 4 is 11.6 Å². The van der Waals surface area contributed by atoms with Gasteiger partial charge in [-0.3, -0.25) is 9.69 Å². The molecule has 4 rings (SSSR count). The van der Waals surface area contributed by atoms with E-state index in [4.69, 9.17) is 4.74 Å². The van der Waals surface area contributed by atoms with Gasteiger partial charge in [0, 0.05) is 50.0 Å². The molecule has 0 spiro atoms. The van der Waals surface area contributed by atoms with Gasteiger partial charge in [0.25, 0.3) is 0 Å². The highest BCUT2D eigenvalue weighted by Crippen LogP contribution is 2.49. The van der Waals surface area contributed by atoms with Crippen LogP contribution < -0.4 is 4.90 Å². The van der Waals surface area contributed by atoms with Gasteiger partial charge in [-0.15, -0.1) is 0 Å². The van der Waals surface area contributed by atoms with E-state index in [1.54, 1.807) is 12.1 Å². The fourth-order valence-electron chi connectivity index (χ4n) is 4.97. The van der Waals surface area contributed by atoms with E-state index in [-0.39, 0.29) is 31.2 Å². The number of para-hydroxylation sites is 1. The van der Waals surface area contributed by atoms with Crippen LogP contribution in [0.3, 0.4) is 0 Å². The lowest BCUT2D eigenvalue weighted by Crippen LogP contribution is -2.70. The van der Waals surface area contributed by atoms with Crippen molar-refractivity contribution in [2.24, 2.45) is 5.92 Å². The quantitative estimate of drug-likeness (QED) is 0.847. The minimum atomic E-state index is -4.53. The topological polar surface area (TPSA) is 53.0 Å². The first-order valence-electron chi connectivity index (χ1n) is 9.79. The van der Waals surface area contributed by atoms with Gasteiger partial charge in [0.2, 0.25) is 5.91 Å². The Kier molecular flexibility index (Phi) is 5.37. The molecule has 154 valence electrons. The average molecular weight is 398 g/mol. The second kappa shape index (κ2) is 7.65. The Bertz CT molecular complexity index is 721. The molecule has 28 heavy (non-hydrogen) atoms. The standard InChI is InChI=1S/C20H25F3N2O3/c21-20(22,23)9-18(27)25-11-16-19(14-3-1-2-4-15(14)25)17(12-26)24(16)10-13-5-7-28-8-6-13/h1-4,13,16-17,19,26H,5-12H2/t16-,17-,19-/m1/s1. The minimum absolute atomic E-state index is 0.00474. The van der Waals surface area contributed by atoms with Crippen molar-refractivity contribution < 1.29 is 27.8 Å². The van der Waals surface area contributed by atoms with Crippen molar-refractivity contribution in [3.05, 3.63) is 29.8 Å². The molecular weight excluding hydrogens is 373 g/mol. The van der Waals surface area contributed by atoms with Gasteiger partial charge >= 0.3 is 6.18 Å². The number of hydrogen-bond acceptors (Lipinski definition) is 4. The first-order valence-corrected chi connectivity index (χ1v) is 9.79. The highest BCUT2D eigenvalue weighted by molar-refractivity contribution is 5.95. The van der Waals surface area contributed by atoms with Crippen LogP contribution in [-0.2, 0) is 9.53 Å². The van der Waals surface area contributed by atoms with E-state index in [1.807, 2.05) is 12.1 Å². The van der Waals surface area contributed by atoms with E-state index in [0.29, 0.717) is 11.6 Å². The molecule has 3 heterocycles. The number of ether oxygens (including phenoxy) is 1. The average Bonchev–Trinajstić information content (AvgIpc) is 2.65. The number of aliphatic hydroxyl groups is 1. The summed E-state index contributed by atoms with van der Waals surface area (Å²) in [6.45, 7) is 2.44. The lowest BCUT2D eigenvalue weighted by molar-refractivity contribution is -0.152. The second-order valence-electron chi connectivity index (χ2n) is 7.95. The summed E-state index contributed by atoms with van der Waals surface area (Å²) in [6, 6.07) is 7.02. The molecule has 0 aliphatic carbocycles. The number of benzene rings is 1. The number of anilines is 1. The minimum Gasteiger partial charge on any atom is -0.395 e. The zero-order valence-electron chi connectivity index (χ0n) is 15.6. The van der Waals surface area contributed by atoms with E-state index < -0.39 is 18.5 Å². The third-order valence-electron chi connectivity index (χ3n) is 6.29. The third kappa shape index (κ3) is 3.65. The molecule has 3 aliphatic rings. The van der Waals surface area contributed by atoms with Gasteiger partial charge in [-0.25, -0.2) is 0 Å². The van der Waals surface area contributed by atoms with Crippen molar-refractivity contribution in [2.45, 2.75) is 43.4 Å². The molecule has 0 bridgehead atoms. The monoisotopic (exact) mass is 398 g/mol. The molecule has 0 aromatic heterocycles. The first kappa shape index (κ1) is 19.7.